The maximum atomic E-state index is 11.9. The Morgan fingerprint density at radius 1 is 1.11 bits per heavy atom. The van der Waals surface area contributed by atoms with Crippen LogP contribution in [0, 0.1) is 6.92 Å². The molecule has 0 aliphatic rings. The summed E-state index contributed by atoms with van der Waals surface area (Å²) in [5, 5.41) is 0. The Hall–Kier alpha value is -2.10. The van der Waals surface area contributed by atoms with Gasteiger partial charge in [0.2, 0.25) is 5.78 Å². The summed E-state index contributed by atoms with van der Waals surface area (Å²) in [6.07, 6.45) is 6.29. The van der Waals surface area contributed by atoms with Gasteiger partial charge < -0.3 is 0 Å². The lowest BCUT2D eigenvalue weighted by atomic mass is 10.1. The molecule has 2 rings (SSSR count). The van der Waals surface area contributed by atoms with E-state index in [1.165, 1.54) is 0 Å². The molecule has 0 saturated heterocycles. The van der Waals surface area contributed by atoms with Gasteiger partial charge in [-0.1, -0.05) is 13.0 Å². The molecule has 4 heteroatoms. The van der Waals surface area contributed by atoms with E-state index >= 15 is 0 Å². The normalized spacial score (nSPS) is 10.3. The number of Topliss-reactive ketones (excluding diaryl/α,β-unsaturated/α-hetero) is 1. The van der Waals surface area contributed by atoms with E-state index in [2.05, 4.69) is 21.9 Å². The van der Waals surface area contributed by atoms with Crippen LogP contribution in [0.1, 0.15) is 34.4 Å². The molecule has 4 nitrogen and oxygen atoms in total. The van der Waals surface area contributed by atoms with Crippen molar-refractivity contribution >= 4 is 5.78 Å². The molecule has 18 heavy (non-hydrogen) atoms. The van der Waals surface area contributed by atoms with Gasteiger partial charge in [0.1, 0.15) is 0 Å². The van der Waals surface area contributed by atoms with Gasteiger partial charge in [-0.3, -0.25) is 9.78 Å². The highest BCUT2D eigenvalue weighted by molar-refractivity contribution is 5.93. The zero-order valence-corrected chi connectivity index (χ0v) is 10.6. The molecule has 0 saturated carbocycles. The highest BCUT2D eigenvalue weighted by Gasteiger charge is 2.10. The third-order valence-electron chi connectivity index (χ3n) is 2.67. The Labute approximate surface area is 106 Å². The molecule has 2 heterocycles. The van der Waals surface area contributed by atoms with Crippen LogP contribution >= 0.6 is 0 Å². The van der Waals surface area contributed by atoms with Crippen LogP contribution in [0.5, 0.6) is 0 Å². The van der Waals surface area contributed by atoms with E-state index in [1.807, 2.05) is 19.1 Å². The summed E-state index contributed by atoms with van der Waals surface area (Å²) in [6, 6.07) is 3.87. The number of carbonyl (C=O) groups is 1. The third kappa shape index (κ3) is 2.97. The van der Waals surface area contributed by atoms with Crippen molar-refractivity contribution in [1.29, 1.82) is 0 Å². The van der Waals surface area contributed by atoms with E-state index in [1.54, 1.807) is 18.6 Å². The number of hydrogen-bond donors (Lipinski definition) is 0. The van der Waals surface area contributed by atoms with Crippen LogP contribution in [0.3, 0.4) is 0 Å². The van der Waals surface area contributed by atoms with E-state index in [4.69, 9.17) is 0 Å². The molecule has 0 spiro atoms. The van der Waals surface area contributed by atoms with Crippen molar-refractivity contribution in [2.75, 3.05) is 0 Å². The Bertz CT molecular complexity index is 532. The first-order valence-electron chi connectivity index (χ1n) is 5.94. The number of ketones is 1. The minimum absolute atomic E-state index is 0.105. The van der Waals surface area contributed by atoms with Crippen LogP contribution in [-0.2, 0) is 12.8 Å². The van der Waals surface area contributed by atoms with Gasteiger partial charge in [0.25, 0.3) is 0 Å². The number of pyridine rings is 1. The monoisotopic (exact) mass is 241 g/mol. The average molecular weight is 241 g/mol. The first-order chi connectivity index (χ1) is 8.69. The Morgan fingerprint density at radius 3 is 2.39 bits per heavy atom. The molecule has 0 unspecified atom stereocenters. The number of aryl methyl sites for hydroxylation is 2. The third-order valence-corrected chi connectivity index (χ3v) is 2.67. The van der Waals surface area contributed by atoms with Crippen LogP contribution in [0.25, 0.3) is 0 Å². The summed E-state index contributed by atoms with van der Waals surface area (Å²) in [7, 11) is 0. The van der Waals surface area contributed by atoms with Crippen molar-refractivity contribution in [1.82, 2.24) is 15.0 Å². The van der Waals surface area contributed by atoms with Gasteiger partial charge >= 0.3 is 0 Å². The zero-order valence-electron chi connectivity index (χ0n) is 10.6. The minimum Gasteiger partial charge on any atom is -0.290 e. The van der Waals surface area contributed by atoms with Crippen LogP contribution in [0.2, 0.25) is 0 Å². The average Bonchev–Trinajstić information content (AvgIpc) is 2.40. The topological polar surface area (TPSA) is 55.7 Å². The quantitative estimate of drug-likeness (QED) is 0.770. The van der Waals surface area contributed by atoms with Gasteiger partial charge in [-0.05, 0) is 30.5 Å². The molecule has 0 aliphatic carbocycles. The number of nitrogens with zero attached hydrogens (tertiary/aromatic N) is 3. The lowest BCUT2D eigenvalue weighted by Crippen LogP contribution is -2.09. The molecule has 2 aromatic heterocycles. The van der Waals surface area contributed by atoms with E-state index in [0.29, 0.717) is 0 Å². The molecule has 0 aliphatic heterocycles. The minimum atomic E-state index is -0.105. The van der Waals surface area contributed by atoms with Crippen molar-refractivity contribution in [3.05, 3.63) is 53.4 Å². The second-order valence-corrected chi connectivity index (χ2v) is 4.20. The first-order valence-corrected chi connectivity index (χ1v) is 5.94. The van der Waals surface area contributed by atoms with Crippen LogP contribution in [-0.4, -0.2) is 20.7 Å². The molecular formula is C14H15N3O. The van der Waals surface area contributed by atoms with Crippen molar-refractivity contribution in [2.24, 2.45) is 0 Å². The highest BCUT2D eigenvalue weighted by Crippen LogP contribution is 2.04. The molecule has 2 aromatic rings. The lowest BCUT2D eigenvalue weighted by molar-refractivity contribution is 0.0982. The predicted octanol–water partition coefficient (Wildman–Crippen LogP) is 2.17. The summed E-state index contributed by atoms with van der Waals surface area (Å²) < 4.78 is 0. The maximum Gasteiger partial charge on any atom is 0.205 e. The van der Waals surface area contributed by atoms with Gasteiger partial charge in [-0.15, -0.1) is 0 Å². The van der Waals surface area contributed by atoms with E-state index in [9.17, 15) is 4.79 Å². The highest BCUT2D eigenvalue weighted by atomic mass is 16.1. The summed E-state index contributed by atoms with van der Waals surface area (Å²) in [4.78, 5) is 24.2. The fraction of sp³-hybridized carbons (Fsp3) is 0.286. The second-order valence-electron chi connectivity index (χ2n) is 4.20. The lowest BCUT2D eigenvalue weighted by Gasteiger charge is -2.01. The number of hydrogen-bond acceptors (Lipinski definition) is 4. The van der Waals surface area contributed by atoms with Crippen LogP contribution < -0.4 is 0 Å². The van der Waals surface area contributed by atoms with E-state index in [-0.39, 0.29) is 18.0 Å². The molecule has 0 fully saturated rings. The molecule has 0 radical (unpaired) electrons. The van der Waals surface area contributed by atoms with Gasteiger partial charge in [-0.25, -0.2) is 9.97 Å². The zero-order chi connectivity index (χ0) is 13.0. The maximum absolute atomic E-state index is 11.9. The molecule has 0 bridgehead atoms. The fourth-order valence-corrected chi connectivity index (χ4v) is 1.55. The molecule has 0 aromatic carbocycles. The van der Waals surface area contributed by atoms with Gasteiger partial charge in [0, 0.05) is 24.3 Å². The molecule has 0 N–H and O–H groups in total. The standard InChI is InChI=1S/C14H15N3O/c1-3-11-4-5-12(15-9-11)6-13(18)14-16-7-10(2)8-17-14/h4-5,7-9H,3,6H2,1-2H3. The summed E-state index contributed by atoms with van der Waals surface area (Å²) in [5.74, 6) is 0.147. The van der Waals surface area contributed by atoms with Crippen molar-refractivity contribution in [3.8, 4) is 0 Å². The Balaban J connectivity index is 2.08. The van der Waals surface area contributed by atoms with Crippen molar-refractivity contribution in [2.45, 2.75) is 26.7 Å². The molecule has 0 atom stereocenters. The van der Waals surface area contributed by atoms with Crippen LogP contribution in [0.4, 0.5) is 0 Å². The Morgan fingerprint density at radius 2 is 1.83 bits per heavy atom. The van der Waals surface area contributed by atoms with E-state index < -0.39 is 0 Å². The van der Waals surface area contributed by atoms with Gasteiger partial charge in [0.15, 0.2) is 5.82 Å². The summed E-state index contributed by atoms with van der Waals surface area (Å²) >= 11 is 0. The second kappa shape index (κ2) is 5.49. The van der Waals surface area contributed by atoms with Gasteiger partial charge in [0.05, 0.1) is 6.42 Å². The van der Waals surface area contributed by atoms with Gasteiger partial charge in [-0.2, -0.15) is 0 Å². The largest absolute Gasteiger partial charge is 0.290 e. The van der Waals surface area contributed by atoms with E-state index in [0.717, 1.165) is 23.2 Å². The summed E-state index contributed by atoms with van der Waals surface area (Å²) in [5.41, 5.74) is 2.86. The first kappa shape index (κ1) is 12.4. The Kier molecular flexibility index (Phi) is 3.77. The fourth-order valence-electron chi connectivity index (χ4n) is 1.55. The molecular weight excluding hydrogens is 226 g/mol. The number of rotatable bonds is 4. The molecule has 92 valence electrons. The SMILES string of the molecule is CCc1ccc(CC(=O)c2ncc(C)cn2)nc1. The van der Waals surface area contributed by atoms with Crippen molar-refractivity contribution in [3.63, 3.8) is 0 Å². The van der Waals surface area contributed by atoms with Crippen molar-refractivity contribution < 1.29 is 4.79 Å². The number of carbonyl (C=O) groups excluding carboxylic acids is 1. The number of aromatic nitrogens is 3. The van der Waals surface area contributed by atoms with Crippen LogP contribution in [0.15, 0.2) is 30.7 Å². The summed E-state index contributed by atoms with van der Waals surface area (Å²) in [6.45, 7) is 3.96. The smallest absolute Gasteiger partial charge is 0.205 e. The predicted molar refractivity (Wildman–Crippen MR) is 68.4 cm³/mol. The molecule has 0 amide bonds.